The Morgan fingerprint density at radius 3 is 2.21 bits per heavy atom. The summed E-state index contributed by atoms with van der Waals surface area (Å²) in [6.07, 6.45) is 5.59. The number of rotatable bonds is 9. The minimum atomic E-state index is -0.907. The van der Waals surface area contributed by atoms with Gasteiger partial charge in [0.25, 0.3) is 0 Å². The number of methoxy groups -OCH3 is 1. The molecule has 2 aromatic rings. The van der Waals surface area contributed by atoms with Crippen molar-refractivity contribution in [3.05, 3.63) is 65.7 Å². The van der Waals surface area contributed by atoms with Gasteiger partial charge in [-0.05, 0) is 68.0 Å². The van der Waals surface area contributed by atoms with Gasteiger partial charge in [-0.25, -0.2) is 0 Å². The quantitative estimate of drug-likeness (QED) is 0.601. The van der Waals surface area contributed by atoms with Crippen LogP contribution in [0.15, 0.2) is 54.6 Å². The third kappa shape index (κ3) is 5.61. The molecule has 0 aliphatic carbocycles. The number of hydrogen-bond acceptors (Lipinski definition) is 3. The molecule has 0 unspecified atom stereocenters. The van der Waals surface area contributed by atoms with E-state index in [0.29, 0.717) is 5.92 Å². The van der Waals surface area contributed by atoms with Gasteiger partial charge in [0.2, 0.25) is 0 Å². The van der Waals surface area contributed by atoms with Crippen molar-refractivity contribution in [1.29, 1.82) is 0 Å². The number of aliphatic hydroxyl groups is 1. The molecule has 0 bridgehead atoms. The molecule has 1 heterocycles. The third-order valence-corrected chi connectivity index (χ3v) is 6.36. The molecule has 1 N–H and O–H groups in total. The van der Waals surface area contributed by atoms with E-state index in [9.17, 15) is 5.11 Å². The molecule has 3 nitrogen and oxygen atoms in total. The molecule has 3 rings (SSSR count). The van der Waals surface area contributed by atoms with Gasteiger partial charge >= 0.3 is 0 Å². The fraction of sp³-hybridized carbons (Fsp3) is 0.538. The standard InChI is InChI=1S/C26H37NO2/c1-21(2)16-17-26(28,23-12-14-24(29-3)15-13-23)25(22-10-6-4-7-11-22)20-27-18-8-5-9-19-27/h4,6-7,10-15,21,25,28H,5,8-9,16-20H2,1-3H3/t25-,26+/m1/s1. The van der Waals surface area contributed by atoms with E-state index in [2.05, 4.69) is 49.1 Å². The Morgan fingerprint density at radius 2 is 1.62 bits per heavy atom. The van der Waals surface area contributed by atoms with Crippen molar-refractivity contribution in [3.63, 3.8) is 0 Å². The lowest BCUT2D eigenvalue weighted by Crippen LogP contribution is -2.43. The highest BCUT2D eigenvalue weighted by molar-refractivity contribution is 5.35. The maximum atomic E-state index is 12.3. The van der Waals surface area contributed by atoms with Crippen LogP contribution in [0.1, 0.15) is 63.0 Å². The lowest BCUT2D eigenvalue weighted by atomic mass is 9.73. The van der Waals surface area contributed by atoms with Gasteiger partial charge in [0.05, 0.1) is 12.7 Å². The van der Waals surface area contributed by atoms with Crippen molar-refractivity contribution in [1.82, 2.24) is 4.90 Å². The van der Waals surface area contributed by atoms with Gasteiger partial charge in [-0.15, -0.1) is 0 Å². The van der Waals surface area contributed by atoms with E-state index in [1.807, 2.05) is 24.3 Å². The molecule has 0 amide bonds. The Morgan fingerprint density at radius 1 is 0.966 bits per heavy atom. The summed E-state index contributed by atoms with van der Waals surface area (Å²) >= 11 is 0. The zero-order valence-electron chi connectivity index (χ0n) is 18.3. The lowest BCUT2D eigenvalue weighted by Gasteiger charge is -2.41. The van der Waals surface area contributed by atoms with Crippen LogP contribution >= 0.6 is 0 Å². The summed E-state index contributed by atoms with van der Waals surface area (Å²) in [4.78, 5) is 2.55. The van der Waals surface area contributed by atoms with Crippen LogP contribution in [0.4, 0.5) is 0 Å². The minimum absolute atomic E-state index is 0.0361. The maximum Gasteiger partial charge on any atom is 0.118 e. The first-order valence-corrected chi connectivity index (χ1v) is 11.2. The lowest BCUT2D eigenvalue weighted by molar-refractivity contribution is -0.0187. The van der Waals surface area contributed by atoms with Crippen molar-refractivity contribution < 1.29 is 9.84 Å². The average molecular weight is 396 g/mol. The van der Waals surface area contributed by atoms with Crippen LogP contribution in [-0.2, 0) is 5.60 Å². The minimum Gasteiger partial charge on any atom is -0.497 e. The van der Waals surface area contributed by atoms with Gasteiger partial charge in [0.15, 0.2) is 0 Å². The first-order valence-electron chi connectivity index (χ1n) is 11.2. The van der Waals surface area contributed by atoms with Crippen molar-refractivity contribution in [2.75, 3.05) is 26.7 Å². The van der Waals surface area contributed by atoms with Crippen molar-refractivity contribution >= 4 is 0 Å². The molecule has 1 fully saturated rings. The molecule has 0 radical (unpaired) electrons. The second kappa shape index (κ2) is 10.3. The number of ether oxygens (including phenoxy) is 1. The molecule has 3 heteroatoms. The second-order valence-electron chi connectivity index (χ2n) is 8.91. The van der Waals surface area contributed by atoms with Crippen LogP contribution in [0.2, 0.25) is 0 Å². The number of likely N-dealkylation sites (tertiary alicyclic amines) is 1. The summed E-state index contributed by atoms with van der Waals surface area (Å²) in [5.74, 6) is 1.41. The summed E-state index contributed by atoms with van der Waals surface area (Å²) < 4.78 is 5.36. The zero-order chi connectivity index (χ0) is 20.7. The van der Waals surface area contributed by atoms with E-state index in [0.717, 1.165) is 43.8 Å². The van der Waals surface area contributed by atoms with Crippen LogP contribution in [-0.4, -0.2) is 36.8 Å². The van der Waals surface area contributed by atoms with Crippen molar-refractivity contribution in [2.45, 2.75) is 57.5 Å². The van der Waals surface area contributed by atoms with E-state index in [-0.39, 0.29) is 5.92 Å². The van der Waals surface area contributed by atoms with Crippen LogP contribution in [0, 0.1) is 5.92 Å². The summed E-state index contributed by atoms with van der Waals surface area (Å²) in [5.41, 5.74) is 1.31. The number of benzene rings is 2. The second-order valence-corrected chi connectivity index (χ2v) is 8.91. The Labute approximate surface area is 176 Å². The molecule has 0 aromatic heterocycles. The average Bonchev–Trinajstić information content (AvgIpc) is 2.77. The van der Waals surface area contributed by atoms with E-state index in [1.54, 1.807) is 7.11 Å². The first-order chi connectivity index (χ1) is 14.0. The molecule has 29 heavy (non-hydrogen) atoms. The van der Waals surface area contributed by atoms with Crippen LogP contribution < -0.4 is 4.74 Å². The monoisotopic (exact) mass is 395 g/mol. The smallest absolute Gasteiger partial charge is 0.118 e. The molecule has 0 saturated carbocycles. The molecule has 1 aliphatic rings. The van der Waals surface area contributed by atoms with E-state index >= 15 is 0 Å². The molecule has 1 saturated heterocycles. The maximum absolute atomic E-state index is 12.3. The summed E-state index contributed by atoms with van der Waals surface area (Å²) in [6, 6.07) is 18.6. The SMILES string of the molecule is COc1ccc([C@@](O)(CCC(C)C)[C@H](CN2CCCCC2)c2ccccc2)cc1. The van der Waals surface area contributed by atoms with Gasteiger partial charge in [-0.1, -0.05) is 62.7 Å². The predicted octanol–water partition coefficient (Wildman–Crippen LogP) is 5.59. The largest absolute Gasteiger partial charge is 0.497 e. The number of hydrogen-bond donors (Lipinski definition) is 1. The summed E-state index contributed by atoms with van der Waals surface area (Å²) in [6.45, 7) is 7.62. The zero-order valence-corrected chi connectivity index (χ0v) is 18.3. The van der Waals surface area contributed by atoms with Gasteiger partial charge < -0.3 is 14.7 Å². The first kappa shape index (κ1) is 21.9. The van der Waals surface area contributed by atoms with Gasteiger partial charge in [-0.2, -0.15) is 0 Å². The van der Waals surface area contributed by atoms with Crippen LogP contribution in [0.5, 0.6) is 5.75 Å². The highest BCUT2D eigenvalue weighted by Crippen LogP contribution is 2.42. The molecule has 1 aliphatic heterocycles. The molecular weight excluding hydrogens is 358 g/mol. The number of nitrogens with zero attached hydrogens (tertiary/aromatic N) is 1. The van der Waals surface area contributed by atoms with Crippen molar-refractivity contribution in [3.8, 4) is 5.75 Å². The van der Waals surface area contributed by atoms with Crippen LogP contribution in [0.3, 0.4) is 0 Å². The Kier molecular flexibility index (Phi) is 7.74. The molecule has 2 atom stereocenters. The van der Waals surface area contributed by atoms with Gasteiger partial charge in [0, 0.05) is 12.5 Å². The van der Waals surface area contributed by atoms with E-state index in [4.69, 9.17) is 4.74 Å². The normalized spacial score (nSPS) is 18.4. The fourth-order valence-electron chi connectivity index (χ4n) is 4.53. The van der Waals surface area contributed by atoms with Crippen LogP contribution in [0.25, 0.3) is 0 Å². The fourth-order valence-corrected chi connectivity index (χ4v) is 4.53. The Hall–Kier alpha value is -1.84. The molecular formula is C26H37NO2. The topological polar surface area (TPSA) is 32.7 Å². The summed E-state index contributed by atoms with van der Waals surface area (Å²) in [5, 5.41) is 12.3. The van der Waals surface area contributed by atoms with Gasteiger partial charge in [0.1, 0.15) is 5.75 Å². The van der Waals surface area contributed by atoms with E-state index < -0.39 is 5.60 Å². The Bertz CT molecular complexity index is 722. The predicted molar refractivity (Wildman–Crippen MR) is 120 cm³/mol. The molecule has 158 valence electrons. The highest BCUT2D eigenvalue weighted by atomic mass is 16.5. The number of piperidine rings is 1. The van der Waals surface area contributed by atoms with E-state index in [1.165, 1.54) is 24.8 Å². The van der Waals surface area contributed by atoms with Crippen molar-refractivity contribution in [2.24, 2.45) is 5.92 Å². The third-order valence-electron chi connectivity index (χ3n) is 6.36. The highest BCUT2D eigenvalue weighted by Gasteiger charge is 2.40. The van der Waals surface area contributed by atoms with Gasteiger partial charge in [-0.3, -0.25) is 0 Å². The molecule has 0 spiro atoms. The molecule has 2 aromatic carbocycles. The summed E-state index contributed by atoms with van der Waals surface area (Å²) in [7, 11) is 1.68. The Balaban J connectivity index is 1.99.